The number of hydrogen-bond donors (Lipinski definition) is 1. The molecule has 4 nitrogen and oxygen atoms in total. The molecule has 1 atom stereocenters. The van der Waals surface area contributed by atoms with Crippen LogP contribution in [0.25, 0.3) is 0 Å². The van der Waals surface area contributed by atoms with E-state index >= 15 is 0 Å². The van der Waals surface area contributed by atoms with Gasteiger partial charge in [0.1, 0.15) is 6.61 Å². The van der Waals surface area contributed by atoms with Gasteiger partial charge in [0.2, 0.25) is 0 Å². The van der Waals surface area contributed by atoms with Gasteiger partial charge < -0.3 is 9.47 Å². The minimum absolute atomic E-state index is 0.00487. The summed E-state index contributed by atoms with van der Waals surface area (Å²) >= 11 is 3.68. The minimum Gasteiger partial charge on any atom is -0.493 e. The monoisotopic (exact) mass is 404 g/mol. The summed E-state index contributed by atoms with van der Waals surface area (Å²) in [5.41, 5.74) is 2.25. The van der Waals surface area contributed by atoms with Crippen LogP contribution in [0.2, 0.25) is 0 Å². The molecule has 2 N–H and O–H groups in total. The Bertz CT molecular complexity index is 734. The molecule has 2 aromatic rings. The van der Waals surface area contributed by atoms with Gasteiger partial charge in [-0.3, -0.25) is 5.84 Å². The van der Waals surface area contributed by atoms with Gasteiger partial charge in [-0.2, -0.15) is 0 Å². The lowest BCUT2D eigenvalue weighted by molar-refractivity contribution is 0.130. The van der Waals surface area contributed by atoms with Crippen molar-refractivity contribution in [3.63, 3.8) is 0 Å². The molecule has 1 heterocycles. The van der Waals surface area contributed by atoms with Gasteiger partial charge >= 0.3 is 0 Å². The Labute approximate surface area is 158 Å². The van der Waals surface area contributed by atoms with Gasteiger partial charge in [0.15, 0.2) is 11.5 Å². The van der Waals surface area contributed by atoms with Crippen molar-refractivity contribution in [2.45, 2.75) is 44.9 Å². The van der Waals surface area contributed by atoms with E-state index in [0.717, 1.165) is 34.2 Å². The maximum Gasteiger partial charge on any atom is 0.162 e. The summed E-state index contributed by atoms with van der Waals surface area (Å²) < 4.78 is 12.5. The lowest BCUT2D eigenvalue weighted by Crippen LogP contribution is -2.44. The Morgan fingerprint density at radius 3 is 2.52 bits per heavy atom. The summed E-state index contributed by atoms with van der Waals surface area (Å²) in [6.45, 7) is 4.86. The molecule has 0 bridgehead atoms. The summed E-state index contributed by atoms with van der Waals surface area (Å²) in [4.78, 5) is 0. The number of hydrazine groups is 1. The molecule has 0 aliphatic carbocycles. The standard InChI is InChI=1S/C20H25BrN2O2/c1-20(2)10-9-17(23(20)22)15-11-19(18(24-3)12-16(15)21)25-13-14-7-5-4-6-8-14/h4-8,11-12,17H,9-10,13,22H2,1-3H3. The number of nitrogens with two attached hydrogens (primary N) is 1. The Morgan fingerprint density at radius 2 is 1.92 bits per heavy atom. The van der Waals surface area contributed by atoms with Crippen LogP contribution in [0.3, 0.4) is 0 Å². The van der Waals surface area contributed by atoms with Crippen LogP contribution in [0.4, 0.5) is 0 Å². The van der Waals surface area contributed by atoms with Gasteiger partial charge in [0.25, 0.3) is 0 Å². The highest BCUT2D eigenvalue weighted by molar-refractivity contribution is 9.10. The number of methoxy groups -OCH3 is 1. The Morgan fingerprint density at radius 1 is 1.20 bits per heavy atom. The predicted molar refractivity (Wildman–Crippen MR) is 104 cm³/mol. The average molecular weight is 405 g/mol. The molecule has 1 fully saturated rings. The van der Waals surface area contributed by atoms with Gasteiger partial charge in [-0.1, -0.05) is 46.3 Å². The molecular weight excluding hydrogens is 380 g/mol. The first kappa shape index (κ1) is 18.2. The van der Waals surface area contributed by atoms with Crippen molar-refractivity contribution in [2.24, 2.45) is 5.84 Å². The highest BCUT2D eigenvalue weighted by Crippen LogP contribution is 2.45. The van der Waals surface area contributed by atoms with Crippen LogP contribution in [0.1, 0.15) is 43.9 Å². The molecule has 5 heteroatoms. The van der Waals surface area contributed by atoms with Crippen LogP contribution in [-0.4, -0.2) is 17.7 Å². The fourth-order valence-electron chi connectivity index (χ4n) is 3.30. The average Bonchev–Trinajstić information content (AvgIpc) is 2.88. The van der Waals surface area contributed by atoms with Gasteiger partial charge in [0.05, 0.1) is 13.2 Å². The lowest BCUT2D eigenvalue weighted by Gasteiger charge is -2.32. The normalized spacial score (nSPS) is 19.8. The molecule has 134 valence electrons. The van der Waals surface area contributed by atoms with E-state index in [2.05, 4.69) is 35.8 Å². The fraction of sp³-hybridized carbons (Fsp3) is 0.400. The molecule has 25 heavy (non-hydrogen) atoms. The molecule has 0 saturated carbocycles. The van der Waals surface area contributed by atoms with Gasteiger partial charge in [0, 0.05) is 10.0 Å². The van der Waals surface area contributed by atoms with Gasteiger partial charge in [-0.25, -0.2) is 5.01 Å². The SMILES string of the molecule is COc1cc(Br)c(C2CCC(C)(C)N2N)cc1OCc1ccccc1. The Hall–Kier alpha value is -1.56. The van der Waals surface area contributed by atoms with Gasteiger partial charge in [-0.05, 0) is 49.9 Å². The number of rotatable bonds is 5. The van der Waals surface area contributed by atoms with E-state index in [1.807, 2.05) is 41.4 Å². The van der Waals surface area contributed by atoms with Gasteiger partial charge in [-0.15, -0.1) is 0 Å². The topological polar surface area (TPSA) is 47.7 Å². The van der Waals surface area contributed by atoms with E-state index in [1.165, 1.54) is 0 Å². The van der Waals surface area contributed by atoms with E-state index in [-0.39, 0.29) is 11.6 Å². The Balaban J connectivity index is 1.88. The molecule has 0 radical (unpaired) electrons. The molecule has 3 rings (SSSR count). The van der Waals surface area contributed by atoms with Crippen molar-refractivity contribution >= 4 is 15.9 Å². The molecule has 1 saturated heterocycles. The third kappa shape index (κ3) is 3.84. The highest BCUT2D eigenvalue weighted by Gasteiger charge is 2.39. The smallest absolute Gasteiger partial charge is 0.162 e. The van der Waals surface area contributed by atoms with Crippen LogP contribution in [0, 0.1) is 0 Å². The quantitative estimate of drug-likeness (QED) is 0.725. The minimum atomic E-state index is -0.00487. The molecule has 1 unspecified atom stereocenters. The van der Waals surface area contributed by atoms with Crippen LogP contribution < -0.4 is 15.3 Å². The number of nitrogens with zero attached hydrogens (tertiary/aromatic N) is 1. The summed E-state index contributed by atoms with van der Waals surface area (Å²) in [6.07, 6.45) is 2.08. The van der Waals surface area contributed by atoms with Crippen molar-refractivity contribution in [1.82, 2.24) is 5.01 Å². The molecular formula is C20H25BrN2O2. The van der Waals surface area contributed by atoms with Crippen molar-refractivity contribution in [3.05, 3.63) is 58.1 Å². The molecule has 1 aliphatic heterocycles. The van der Waals surface area contributed by atoms with Crippen LogP contribution in [0.5, 0.6) is 11.5 Å². The summed E-state index contributed by atoms with van der Waals surface area (Å²) in [6, 6.07) is 14.3. The molecule has 2 aromatic carbocycles. The maximum absolute atomic E-state index is 6.38. The van der Waals surface area contributed by atoms with Crippen molar-refractivity contribution in [1.29, 1.82) is 0 Å². The summed E-state index contributed by atoms with van der Waals surface area (Å²) in [5, 5.41) is 1.96. The second-order valence-electron chi connectivity index (χ2n) is 7.07. The number of benzene rings is 2. The van der Waals surface area contributed by atoms with E-state index in [0.29, 0.717) is 12.4 Å². The number of halogens is 1. The zero-order valence-electron chi connectivity index (χ0n) is 15.0. The van der Waals surface area contributed by atoms with Crippen LogP contribution in [0.15, 0.2) is 46.9 Å². The second kappa shape index (κ2) is 7.36. The predicted octanol–water partition coefficient (Wildman–Crippen LogP) is 4.83. The second-order valence-corrected chi connectivity index (χ2v) is 7.93. The Kier molecular flexibility index (Phi) is 5.37. The van der Waals surface area contributed by atoms with E-state index in [9.17, 15) is 0 Å². The molecule has 1 aliphatic rings. The molecule has 0 amide bonds. The van der Waals surface area contributed by atoms with Crippen LogP contribution >= 0.6 is 15.9 Å². The fourth-order valence-corrected chi connectivity index (χ4v) is 3.89. The zero-order chi connectivity index (χ0) is 18.0. The molecule has 0 spiro atoms. The third-order valence-electron chi connectivity index (χ3n) is 4.94. The highest BCUT2D eigenvalue weighted by atomic mass is 79.9. The van der Waals surface area contributed by atoms with E-state index < -0.39 is 0 Å². The molecule has 0 aromatic heterocycles. The number of hydrogen-bond acceptors (Lipinski definition) is 4. The van der Waals surface area contributed by atoms with Crippen molar-refractivity contribution < 1.29 is 9.47 Å². The maximum atomic E-state index is 6.38. The number of ether oxygens (including phenoxy) is 2. The summed E-state index contributed by atoms with van der Waals surface area (Å²) in [5.74, 6) is 7.84. The van der Waals surface area contributed by atoms with Crippen molar-refractivity contribution in [2.75, 3.05) is 7.11 Å². The first-order valence-electron chi connectivity index (χ1n) is 8.50. The van der Waals surface area contributed by atoms with E-state index in [1.54, 1.807) is 7.11 Å². The zero-order valence-corrected chi connectivity index (χ0v) is 16.5. The first-order chi connectivity index (χ1) is 11.9. The third-order valence-corrected chi connectivity index (χ3v) is 5.63. The largest absolute Gasteiger partial charge is 0.493 e. The van der Waals surface area contributed by atoms with Crippen molar-refractivity contribution in [3.8, 4) is 11.5 Å². The summed E-state index contributed by atoms with van der Waals surface area (Å²) in [7, 11) is 1.66. The van der Waals surface area contributed by atoms with Crippen LogP contribution in [-0.2, 0) is 6.61 Å². The first-order valence-corrected chi connectivity index (χ1v) is 9.30. The van der Waals surface area contributed by atoms with E-state index in [4.69, 9.17) is 15.3 Å². The lowest BCUT2D eigenvalue weighted by atomic mass is 10.0.